The van der Waals surface area contributed by atoms with Crippen LogP contribution < -0.4 is 20.7 Å². The Morgan fingerprint density at radius 3 is 2.73 bits per heavy atom. The third-order valence-electron chi connectivity index (χ3n) is 4.50. The number of fused-ring (bicyclic) bond motifs is 1. The van der Waals surface area contributed by atoms with E-state index in [1.807, 2.05) is 30.5 Å². The normalized spacial score (nSPS) is 11.7. The molecule has 0 aliphatic rings. The van der Waals surface area contributed by atoms with E-state index in [9.17, 15) is 9.59 Å². The van der Waals surface area contributed by atoms with E-state index >= 15 is 0 Å². The topological polar surface area (TPSA) is 117 Å². The average molecular weight is 411 g/mol. The number of methoxy groups -OCH3 is 1. The number of nitrogens with zero attached hydrogens (tertiary/aromatic N) is 1. The largest absolute Gasteiger partial charge is 0.475 e. The molecule has 4 N–H and O–H groups in total. The summed E-state index contributed by atoms with van der Waals surface area (Å²) in [6.07, 6.45) is 3.68. The Balaban J connectivity index is 1.62. The number of carbonyl (C=O) groups is 2. The fourth-order valence-electron chi connectivity index (χ4n) is 3.00. The Kier molecular flexibility index (Phi) is 7.23. The van der Waals surface area contributed by atoms with Gasteiger partial charge in [-0.25, -0.2) is 9.78 Å². The van der Waals surface area contributed by atoms with Crippen LogP contribution in [0.3, 0.4) is 0 Å². The lowest BCUT2D eigenvalue weighted by atomic mass is 10.0. The third kappa shape index (κ3) is 5.48. The maximum atomic E-state index is 12.4. The van der Waals surface area contributed by atoms with Crippen molar-refractivity contribution in [3.8, 4) is 5.88 Å². The van der Waals surface area contributed by atoms with E-state index in [1.54, 1.807) is 19.2 Å². The minimum Gasteiger partial charge on any atom is -0.475 e. The minimum atomic E-state index is -0.737. The van der Waals surface area contributed by atoms with E-state index in [4.69, 9.17) is 9.47 Å². The van der Waals surface area contributed by atoms with Gasteiger partial charge in [-0.1, -0.05) is 18.2 Å². The number of rotatable bonds is 9. The molecule has 0 fully saturated rings. The first kappa shape index (κ1) is 21.1. The predicted octanol–water partition coefficient (Wildman–Crippen LogP) is 2.07. The fraction of sp³-hybridized carbons (Fsp3) is 0.286. The summed E-state index contributed by atoms with van der Waals surface area (Å²) >= 11 is 0. The fourth-order valence-corrected chi connectivity index (χ4v) is 3.00. The number of hydrogen-bond acceptors (Lipinski definition) is 5. The molecule has 0 spiro atoms. The zero-order valence-corrected chi connectivity index (χ0v) is 16.9. The molecular formula is C21H25N5O4. The number of pyridine rings is 1. The number of aromatic nitrogens is 2. The van der Waals surface area contributed by atoms with Gasteiger partial charge in [-0.2, -0.15) is 0 Å². The van der Waals surface area contributed by atoms with Gasteiger partial charge in [-0.05, 0) is 17.7 Å². The standard InChI is InChI=1S/C21H25N5O4/c1-22-20(27)18(11-14-12-23-17-6-4-3-5-16(14)17)26-21(28)25-15-7-8-19(24-13-15)30-10-9-29-2/h3-8,12-13,18,23H,9-11H2,1-2H3,(H,22,27)(H2,25,26,28)/t18-/m0/s1. The molecular weight excluding hydrogens is 386 g/mol. The molecule has 0 radical (unpaired) electrons. The van der Waals surface area contributed by atoms with Crippen LogP contribution in [-0.2, 0) is 16.0 Å². The number of likely N-dealkylation sites (N-methyl/N-ethyl adjacent to an activating group) is 1. The van der Waals surface area contributed by atoms with E-state index < -0.39 is 12.1 Å². The molecule has 0 aliphatic heterocycles. The molecule has 9 nitrogen and oxygen atoms in total. The molecule has 3 amide bonds. The smallest absolute Gasteiger partial charge is 0.319 e. The number of H-pyrrole nitrogens is 1. The summed E-state index contributed by atoms with van der Waals surface area (Å²) in [5.74, 6) is 0.149. The van der Waals surface area contributed by atoms with Crippen LogP contribution in [0.5, 0.6) is 5.88 Å². The number of hydrogen-bond donors (Lipinski definition) is 4. The summed E-state index contributed by atoms with van der Waals surface area (Å²) in [5, 5.41) is 9.02. The Hall–Kier alpha value is -3.59. The average Bonchev–Trinajstić information content (AvgIpc) is 3.17. The maximum absolute atomic E-state index is 12.4. The lowest BCUT2D eigenvalue weighted by Gasteiger charge is -2.17. The van der Waals surface area contributed by atoms with Crippen LogP contribution >= 0.6 is 0 Å². The van der Waals surface area contributed by atoms with Crippen molar-refractivity contribution < 1.29 is 19.1 Å². The van der Waals surface area contributed by atoms with Crippen molar-refractivity contribution in [2.75, 3.05) is 32.7 Å². The van der Waals surface area contributed by atoms with Crippen molar-refractivity contribution in [2.45, 2.75) is 12.5 Å². The SMILES string of the molecule is CNC(=O)[C@H](Cc1c[nH]c2ccccc12)NC(=O)Nc1ccc(OCCOC)nc1. The second-order valence-electron chi connectivity index (χ2n) is 6.56. The first-order valence-electron chi connectivity index (χ1n) is 9.52. The van der Waals surface area contributed by atoms with Crippen LogP contribution in [0.4, 0.5) is 10.5 Å². The minimum absolute atomic E-state index is 0.282. The van der Waals surface area contributed by atoms with Crippen molar-refractivity contribution in [1.82, 2.24) is 20.6 Å². The molecule has 3 rings (SSSR count). The second kappa shape index (κ2) is 10.3. The maximum Gasteiger partial charge on any atom is 0.319 e. The van der Waals surface area contributed by atoms with Gasteiger partial charge in [0.1, 0.15) is 12.6 Å². The van der Waals surface area contributed by atoms with Gasteiger partial charge in [0.2, 0.25) is 11.8 Å². The van der Waals surface area contributed by atoms with E-state index in [0.717, 1.165) is 16.5 Å². The van der Waals surface area contributed by atoms with Crippen LogP contribution in [0.1, 0.15) is 5.56 Å². The van der Waals surface area contributed by atoms with E-state index in [1.165, 1.54) is 13.2 Å². The van der Waals surface area contributed by atoms with Gasteiger partial charge in [0.25, 0.3) is 0 Å². The van der Waals surface area contributed by atoms with Gasteiger partial charge in [0.05, 0.1) is 18.5 Å². The lowest BCUT2D eigenvalue weighted by molar-refractivity contribution is -0.122. The molecule has 30 heavy (non-hydrogen) atoms. The highest BCUT2D eigenvalue weighted by molar-refractivity contribution is 5.94. The zero-order valence-electron chi connectivity index (χ0n) is 16.9. The number of amides is 3. The van der Waals surface area contributed by atoms with Crippen molar-refractivity contribution in [2.24, 2.45) is 0 Å². The number of urea groups is 1. The van der Waals surface area contributed by atoms with Crippen molar-refractivity contribution in [1.29, 1.82) is 0 Å². The van der Waals surface area contributed by atoms with Crippen LogP contribution in [-0.4, -0.2) is 55.3 Å². The molecule has 158 valence electrons. The molecule has 0 saturated carbocycles. The van der Waals surface area contributed by atoms with E-state index in [0.29, 0.717) is 31.2 Å². The Morgan fingerprint density at radius 1 is 1.17 bits per heavy atom. The Morgan fingerprint density at radius 2 is 2.00 bits per heavy atom. The number of para-hydroxylation sites is 1. The summed E-state index contributed by atoms with van der Waals surface area (Å²) in [7, 11) is 3.13. The van der Waals surface area contributed by atoms with Gasteiger partial charge >= 0.3 is 6.03 Å². The van der Waals surface area contributed by atoms with Gasteiger partial charge in [0.15, 0.2) is 0 Å². The van der Waals surface area contributed by atoms with Crippen molar-refractivity contribution >= 4 is 28.5 Å². The number of carbonyl (C=O) groups excluding carboxylic acids is 2. The van der Waals surface area contributed by atoms with Crippen LogP contribution in [0.25, 0.3) is 10.9 Å². The molecule has 0 bridgehead atoms. The second-order valence-corrected chi connectivity index (χ2v) is 6.56. The first-order valence-corrected chi connectivity index (χ1v) is 9.52. The molecule has 2 heterocycles. The van der Waals surface area contributed by atoms with Crippen LogP contribution in [0.2, 0.25) is 0 Å². The van der Waals surface area contributed by atoms with Gasteiger partial charge in [0, 0.05) is 43.7 Å². The summed E-state index contributed by atoms with van der Waals surface area (Å²) in [5.41, 5.74) is 2.40. The van der Waals surface area contributed by atoms with Crippen molar-refractivity contribution in [3.63, 3.8) is 0 Å². The third-order valence-corrected chi connectivity index (χ3v) is 4.50. The zero-order chi connectivity index (χ0) is 21.3. The first-order chi connectivity index (χ1) is 14.6. The quantitative estimate of drug-likeness (QED) is 0.402. The number of anilines is 1. The molecule has 2 aromatic heterocycles. The molecule has 1 atom stereocenters. The van der Waals surface area contributed by atoms with E-state index in [-0.39, 0.29) is 5.91 Å². The number of aromatic amines is 1. The van der Waals surface area contributed by atoms with E-state index in [2.05, 4.69) is 25.9 Å². The van der Waals surface area contributed by atoms with Crippen LogP contribution in [0, 0.1) is 0 Å². The Bertz CT molecular complexity index is 986. The lowest BCUT2D eigenvalue weighted by Crippen LogP contribution is -2.48. The predicted molar refractivity (Wildman–Crippen MR) is 114 cm³/mol. The molecule has 9 heteroatoms. The number of nitrogens with one attached hydrogen (secondary N) is 4. The van der Waals surface area contributed by atoms with Gasteiger partial charge < -0.3 is 30.4 Å². The number of benzene rings is 1. The summed E-state index contributed by atoms with van der Waals surface area (Å²) in [6, 6.07) is 9.89. The van der Waals surface area contributed by atoms with Crippen molar-refractivity contribution in [3.05, 3.63) is 54.4 Å². The molecule has 3 aromatic rings. The molecule has 0 aliphatic carbocycles. The highest BCUT2D eigenvalue weighted by Gasteiger charge is 2.21. The highest BCUT2D eigenvalue weighted by atomic mass is 16.5. The summed E-state index contributed by atoms with van der Waals surface area (Å²) in [4.78, 5) is 32.1. The summed E-state index contributed by atoms with van der Waals surface area (Å²) in [6.45, 7) is 0.847. The Labute approximate surface area is 174 Å². The highest BCUT2D eigenvalue weighted by Crippen LogP contribution is 2.19. The summed E-state index contributed by atoms with van der Waals surface area (Å²) < 4.78 is 10.3. The monoisotopic (exact) mass is 411 g/mol. The molecule has 0 unspecified atom stereocenters. The van der Waals surface area contributed by atoms with Crippen LogP contribution in [0.15, 0.2) is 48.8 Å². The van der Waals surface area contributed by atoms with Gasteiger partial charge in [-0.15, -0.1) is 0 Å². The molecule has 0 saturated heterocycles. The number of ether oxygens (including phenoxy) is 2. The molecule has 1 aromatic carbocycles. The van der Waals surface area contributed by atoms with Gasteiger partial charge in [-0.3, -0.25) is 4.79 Å².